The second kappa shape index (κ2) is 13.1. The highest BCUT2D eigenvalue weighted by atomic mass is 16.6. The average molecular weight is 453 g/mol. The number of hydrogen-bond acceptors (Lipinski definition) is 6. The first-order chi connectivity index (χ1) is 15.4. The van der Waals surface area contributed by atoms with Gasteiger partial charge in [-0.15, -0.1) is 0 Å². The topological polar surface area (TPSA) is 122 Å². The molecule has 32 heavy (non-hydrogen) atoms. The number of carbonyl (C=O) groups is 1. The summed E-state index contributed by atoms with van der Waals surface area (Å²) in [4.78, 5) is 39.7. The third-order valence-electron chi connectivity index (χ3n) is 6.39. The summed E-state index contributed by atoms with van der Waals surface area (Å²) in [6.07, 6.45) is 12.1. The zero-order chi connectivity index (χ0) is 23.6. The Morgan fingerprint density at radius 3 is 2.19 bits per heavy atom. The number of nitrogens with zero attached hydrogens (tertiary/aromatic N) is 1. The minimum Gasteiger partial charge on any atom is -0.394 e. The van der Waals surface area contributed by atoms with Gasteiger partial charge >= 0.3 is 5.69 Å². The van der Waals surface area contributed by atoms with Crippen LogP contribution in [0.2, 0.25) is 0 Å². The van der Waals surface area contributed by atoms with Gasteiger partial charge in [0.2, 0.25) is 5.72 Å². The SMILES string of the molecule is CCCCCCCCCCCCCC(=O)[C@]1(n2cc(C)c(=O)[nH]c2=O)C[C@H](O)[C@@H](CO)O1. The molecule has 1 aliphatic heterocycles. The van der Waals surface area contributed by atoms with Crippen LogP contribution < -0.4 is 11.2 Å². The molecule has 8 heteroatoms. The Hall–Kier alpha value is -1.77. The van der Waals surface area contributed by atoms with Crippen molar-refractivity contribution in [2.24, 2.45) is 0 Å². The highest BCUT2D eigenvalue weighted by Crippen LogP contribution is 2.36. The average Bonchev–Trinajstić information content (AvgIpc) is 3.11. The number of aryl methyl sites for hydroxylation is 1. The minimum absolute atomic E-state index is 0.138. The van der Waals surface area contributed by atoms with Crippen LogP contribution in [0.3, 0.4) is 0 Å². The number of H-pyrrole nitrogens is 1. The number of unbranched alkanes of at least 4 members (excludes halogenated alkanes) is 10. The van der Waals surface area contributed by atoms with Crippen molar-refractivity contribution >= 4 is 5.78 Å². The van der Waals surface area contributed by atoms with Crippen LogP contribution in [0.4, 0.5) is 0 Å². The van der Waals surface area contributed by atoms with Crippen LogP contribution in [-0.2, 0) is 15.3 Å². The highest BCUT2D eigenvalue weighted by Gasteiger charge is 2.52. The molecule has 3 N–H and O–H groups in total. The molecule has 0 radical (unpaired) electrons. The zero-order valence-corrected chi connectivity index (χ0v) is 19.6. The lowest BCUT2D eigenvalue weighted by molar-refractivity contribution is -0.162. The summed E-state index contributed by atoms with van der Waals surface area (Å²) in [6.45, 7) is 3.29. The molecule has 1 aromatic rings. The Balaban J connectivity index is 1.91. The van der Waals surface area contributed by atoms with Crippen molar-refractivity contribution < 1.29 is 19.7 Å². The smallest absolute Gasteiger partial charge is 0.331 e. The number of aliphatic hydroxyl groups excluding tert-OH is 2. The van der Waals surface area contributed by atoms with Crippen molar-refractivity contribution in [1.82, 2.24) is 9.55 Å². The summed E-state index contributed by atoms with van der Waals surface area (Å²) >= 11 is 0. The number of aromatic nitrogens is 2. The summed E-state index contributed by atoms with van der Waals surface area (Å²) in [7, 11) is 0. The molecule has 0 spiro atoms. The maximum Gasteiger partial charge on any atom is 0.331 e. The first-order valence-corrected chi connectivity index (χ1v) is 12.2. The van der Waals surface area contributed by atoms with Crippen molar-refractivity contribution in [2.45, 2.75) is 115 Å². The maximum absolute atomic E-state index is 13.2. The molecule has 0 bridgehead atoms. The Morgan fingerprint density at radius 1 is 1.09 bits per heavy atom. The summed E-state index contributed by atoms with van der Waals surface area (Å²) in [5.74, 6) is -0.322. The molecule has 2 rings (SSSR count). The first kappa shape index (κ1) is 26.5. The van der Waals surface area contributed by atoms with Crippen LogP contribution in [0.25, 0.3) is 0 Å². The number of Topliss-reactive ketones (excluding diaryl/α,β-unsaturated/α-hetero) is 1. The van der Waals surface area contributed by atoms with E-state index in [0.717, 1.165) is 23.8 Å². The van der Waals surface area contributed by atoms with E-state index in [1.165, 1.54) is 58.1 Å². The lowest BCUT2D eigenvalue weighted by atomic mass is 9.96. The number of ketones is 1. The van der Waals surface area contributed by atoms with Gasteiger partial charge in [0.1, 0.15) is 6.10 Å². The van der Waals surface area contributed by atoms with Crippen molar-refractivity contribution in [1.29, 1.82) is 0 Å². The summed E-state index contributed by atoms with van der Waals surface area (Å²) in [5, 5.41) is 19.8. The number of aliphatic hydroxyl groups is 2. The quantitative estimate of drug-likeness (QED) is 0.352. The fraction of sp³-hybridized carbons (Fsp3) is 0.792. The van der Waals surface area contributed by atoms with Crippen molar-refractivity contribution in [3.63, 3.8) is 0 Å². The molecule has 3 atom stereocenters. The zero-order valence-electron chi connectivity index (χ0n) is 19.6. The van der Waals surface area contributed by atoms with Crippen molar-refractivity contribution in [2.75, 3.05) is 6.61 Å². The van der Waals surface area contributed by atoms with E-state index in [4.69, 9.17) is 4.74 Å². The van der Waals surface area contributed by atoms with Gasteiger partial charge in [-0.25, -0.2) is 4.79 Å². The van der Waals surface area contributed by atoms with Crippen LogP contribution in [0, 0.1) is 6.92 Å². The number of aromatic amines is 1. The van der Waals surface area contributed by atoms with E-state index in [1.54, 1.807) is 0 Å². The van der Waals surface area contributed by atoms with Gasteiger partial charge in [0.25, 0.3) is 5.56 Å². The molecule has 0 unspecified atom stereocenters. The molecule has 1 aromatic heterocycles. The Labute approximate surface area is 190 Å². The van der Waals surface area contributed by atoms with Crippen molar-refractivity contribution in [3.8, 4) is 0 Å². The van der Waals surface area contributed by atoms with E-state index in [-0.39, 0.29) is 24.2 Å². The molecular weight excluding hydrogens is 412 g/mol. The highest BCUT2D eigenvalue weighted by molar-refractivity contribution is 5.85. The summed E-state index contributed by atoms with van der Waals surface area (Å²) in [6, 6.07) is 0. The second-order valence-corrected chi connectivity index (χ2v) is 9.04. The van der Waals surface area contributed by atoms with E-state index in [0.29, 0.717) is 6.42 Å². The molecule has 0 amide bonds. The molecule has 1 saturated heterocycles. The summed E-state index contributed by atoms with van der Waals surface area (Å²) in [5.41, 5.74) is -2.75. The van der Waals surface area contributed by atoms with Gasteiger partial charge in [-0.05, 0) is 13.3 Å². The van der Waals surface area contributed by atoms with Crippen LogP contribution in [-0.4, -0.2) is 44.4 Å². The largest absolute Gasteiger partial charge is 0.394 e. The van der Waals surface area contributed by atoms with Gasteiger partial charge < -0.3 is 14.9 Å². The molecule has 182 valence electrons. The van der Waals surface area contributed by atoms with Gasteiger partial charge in [0.05, 0.1) is 12.7 Å². The van der Waals surface area contributed by atoms with Gasteiger partial charge in [0.15, 0.2) is 5.78 Å². The standard InChI is InChI=1S/C24H40N2O6/c1-3-4-5-6-7-8-9-10-11-12-13-14-21(29)24(15-19(28)20(17-27)32-24)26-16-18(2)22(30)25-23(26)31/h16,19-20,27-28H,3-15,17H2,1-2H3,(H,25,30,31)/t19-,20+,24-/m0/s1. The van der Waals surface area contributed by atoms with E-state index >= 15 is 0 Å². The number of ether oxygens (including phenoxy) is 1. The van der Waals surface area contributed by atoms with Gasteiger partial charge in [-0.3, -0.25) is 19.1 Å². The fourth-order valence-corrected chi connectivity index (χ4v) is 4.40. The third kappa shape index (κ3) is 6.86. The van der Waals surface area contributed by atoms with E-state index in [1.807, 2.05) is 0 Å². The lowest BCUT2D eigenvalue weighted by Gasteiger charge is -2.29. The number of nitrogens with one attached hydrogen (secondary N) is 1. The fourth-order valence-electron chi connectivity index (χ4n) is 4.40. The number of hydrogen-bond donors (Lipinski definition) is 3. The van der Waals surface area contributed by atoms with Crippen LogP contribution in [0.5, 0.6) is 0 Å². The number of rotatable bonds is 15. The predicted octanol–water partition coefficient (Wildman–Crippen LogP) is 2.91. The van der Waals surface area contributed by atoms with Gasteiger partial charge in [-0.2, -0.15) is 0 Å². The molecule has 2 heterocycles. The first-order valence-electron chi connectivity index (χ1n) is 12.2. The monoisotopic (exact) mass is 452 g/mol. The van der Waals surface area contributed by atoms with Gasteiger partial charge in [0, 0.05) is 24.6 Å². The van der Waals surface area contributed by atoms with E-state index in [9.17, 15) is 24.6 Å². The lowest BCUT2D eigenvalue weighted by Crippen LogP contribution is -2.50. The van der Waals surface area contributed by atoms with Gasteiger partial charge in [-0.1, -0.05) is 71.1 Å². The molecular formula is C24H40N2O6. The second-order valence-electron chi connectivity index (χ2n) is 9.04. The Bertz CT molecular complexity index is 833. The van der Waals surface area contributed by atoms with E-state index < -0.39 is 35.8 Å². The van der Waals surface area contributed by atoms with Crippen LogP contribution >= 0.6 is 0 Å². The predicted molar refractivity (Wildman–Crippen MR) is 123 cm³/mol. The Morgan fingerprint density at radius 2 is 1.66 bits per heavy atom. The third-order valence-corrected chi connectivity index (χ3v) is 6.39. The molecule has 1 fully saturated rings. The molecule has 1 aliphatic rings. The van der Waals surface area contributed by atoms with Crippen LogP contribution in [0.15, 0.2) is 15.8 Å². The minimum atomic E-state index is -1.71. The van der Waals surface area contributed by atoms with Crippen LogP contribution in [0.1, 0.15) is 96.0 Å². The molecule has 0 aliphatic carbocycles. The number of carbonyl (C=O) groups excluding carboxylic acids is 1. The molecule has 8 nitrogen and oxygen atoms in total. The molecule has 0 aromatic carbocycles. The molecule has 0 saturated carbocycles. The Kier molecular flexibility index (Phi) is 10.8. The maximum atomic E-state index is 13.2. The summed E-state index contributed by atoms with van der Waals surface area (Å²) < 4.78 is 6.85. The van der Waals surface area contributed by atoms with E-state index in [2.05, 4.69) is 11.9 Å². The van der Waals surface area contributed by atoms with Crippen molar-refractivity contribution in [3.05, 3.63) is 32.6 Å². The normalized spacial score (nSPS) is 23.0.